The van der Waals surface area contributed by atoms with Gasteiger partial charge >= 0.3 is 0 Å². The Bertz CT molecular complexity index is 1570. The van der Waals surface area contributed by atoms with Crippen LogP contribution in [0, 0.1) is 5.82 Å². The van der Waals surface area contributed by atoms with Gasteiger partial charge in [-0.25, -0.2) is 22.7 Å². The molecular weight excluding hydrogens is 561 g/mol. The summed E-state index contributed by atoms with van der Waals surface area (Å²) < 4.78 is 44.5. The van der Waals surface area contributed by atoms with Gasteiger partial charge in [0.05, 0.1) is 22.9 Å². The normalized spacial score (nSPS) is 11.4. The summed E-state index contributed by atoms with van der Waals surface area (Å²) in [6.45, 7) is 0.0242. The van der Waals surface area contributed by atoms with E-state index < -0.39 is 23.8 Å². The Balaban J connectivity index is 1.47. The highest BCUT2D eigenvalue weighted by atomic mass is 79.9. The maximum atomic E-state index is 14.2. The predicted molar refractivity (Wildman–Crippen MR) is 132 cm³/mol. The van der Waals surface area contributed by atoms with Crippen LogP contribution in [0.25, 0.3) is 16.9 Å². The number of amides is 1. The van der Waals surface area contributed by atoms with Crippen molar-refractivity contribution in [3.63, 3.8) is 0 Å². The van der Waals surface area contributed by atoms with Crippen LogP contribution in [0.4, 0.5) is 19.0 Å². The maximum absolute atomic E-state index is 14.2. The molecule has 12 heteroatoms. The van der Waals surface area contributed by atoms with Gasteiger partial charge in [-0.3, -0.25) is 9.48 Å². The molecule has 0 atom stereocenters. The number of alkyl halides is 2. The number of rotatable bonds is 6. The van der Waals surface area contributed by atoms with Gasteiger partial charge in [-0.15, -0.1) is 0 Å². The molecule has 1 N–H and O–H groups in total. The summed E-state index contributed by atoms with van der Waals surface area (Å²) in [6, 6.07) is 14.4. The maximum Gasteiger partial charge on any atom is 0.280 e. The van der Waals surface area contributed by atoms with Gasteiger partial charge < -0.3 is 5.32 Å². The second-order valence-electron chi connectivity index (χ2n) is 7.70. The third-order valence-electron chi connectivity index (χ3n) is 5.37. The van der Waals surface area contributed by atoms with Gasteiger partial charge in [0.1, 0.15) is 17.1 Å². The lowest BCUT2D eigenvalue weighted by molar-refractivity contribution is 0.102. The molecule has 0 radical (unpaired) electrons. The van der Waals surface area contributed by atoms with Gasteiger partial charge in [0.25, 0.3) is 12.3 Å². The number of halogens is 5. The summed E-state index contributed by atoms with van der Waals surface area (Å²) in [5, 5.41) is 11.1. The molecule has 0 saturated carbocycles. The van der Waals surface area contributed by atoms with Crippen molar-refractivity contribution in [2.45, 2.75) is 13.0 Å². The number of carbonyl (C=O) groups excluding carboxylic acids is 1. The van der Waals surface area contributed by atoms with Gasteiger partial charge in [-0.2, -0.15) is 10.2 Å². The van der Waals surface area contributed by atoms with E-state index >= 15 is 0 Å². The van der Waals surface area contributed by atoms with Crippen molar-refractivity contribution >= 4 is 44.9 Å². The van der Waals surface area contributed by atoms with Crippen molar-refractivity contribution in [2.75, 3.05) is 5.32 Å². The SMILES string of the molecule is O=C(Nc1nn(Cc2c(F)cccc2Cl)cc1Br)c1cnn2c(C(F)F)cc(-c3ccccc3)nc12. The first-order valence-electron chi connectivity index (χ1n) is 10.5. The predicted octanol–water partition coefficient (Wildman–Crippen LogP) is 6.39. The van der Waals surface area contributed by atoms with Gasteiger partial charge in [0.2, 0.25) is 0 Å². The molecule has 0 fully saturated rings. The summed E-state index contributed by atoms with van der Waals surface area (Å²) in [4.78, 5) is 17.5. The first kappa shape index (κ1) is 24.0. The number of nitrogens with one attached hydrogen (secondary N) is 1. The first-order valence-corrected chi connectivity index (χ1v) is 11.7. The quantitative estimate of drug-likeness (QED) is 0.255. The second kappa shape index (κ2) is 9.75. The zero-order valence-electron chi connectivity index (χ0n) is 18.2. The fraction of sp³-hybridized carbons (Fsp3) is 0.0833. The van der Waals surface area contributed by atoms with Crippen LogP contribution >= 0.6 is 27.5 Å². The molecule has 5 aromatic rings. The van der Waals surface area contributed by atoms with Gasteiger partial charge in [0.15, 0.2) is 11.5 Å². The van der Waals surface area contributed by atoms with Crippen molar-refractivity contribution in [1.29, 1.82) is 0 Å². The van der Waals surface area contributed by atoms with E-state index in [1.54, 1.807) is 42.6 Å². The van der Waals surface area contributed by atoms with Crippen LogP contribution in [-0.4, -0.2) is 30.3 Å². The van der Waals surface area contributed by atoms with E-state index in [2.05, 4.69) is 36.4 Å². The molecule has 3 aromatic heterocycles. The summed E-state index contributed by atoms with van der Waals surface area (Å²) in [7, 11) is 0. The standard InChI is InChI=1S/C24H15BrClF3N6O/c25-16-12-34(11-15-17(26)7-4-8-18(15)27)33-22(16)32-24(36)14-10-30-35-20(21(28)29)9-19(31-23(14)35)13-5-2-1-3-6-13/h1-10,12,21H,11H2,(H,32,33,36). The molecule has 0 aliphatic heterocycles. The Hall–Kier alpha value is -3.70. The van der Waals surface area contributed by atoms with Crippen LogP contribution < -0.4 is 5.32 Å². The highest BCUT2D eigenvalue weighted by Crippen LogP contribution is 2.28. The summed E-state index contributed by atoms with van der Waals surface area (Å²) >= 11 is 9.41. The molecule has 0 bridgehead atoms. The number of nitrogens with zero attached hydrogens (tertiary/aromatic N) is 5. The number of benzene rings is 2. The minimum Gasteiger partial charge on any atom is -0.304 e. The lowest BCUT2D eigenvalue weighted by atomic mass is 10.1. The van der Waals surface area contributed by atoms with E-state index in [0.717, 1.165) is 4.52 Å². The van der Waals surface area contributed by atoms with E-state index in [9.17, 15) is 18.0 Å². The monoisotopic (exact) mass is 574 g/mol. The van der Waals surface area contributed by atoms with Crippen molar-refractivity contribution in [3.8, 4) is 11.3 Å². The molecule has 0 aliphatic carbocycles. The number of hydrogen-bond donors (Lipinski definition) is 1. The number of fused-ring (bicyclic) bond motifs is 1. The van der Waals surface area contributed by atoms with Crippen molar-refractivity contribution in [1.82, 2.24) is 24.4 Å². The van der Waals surface area contributed by atoms with Crippen LogP contribution in [0.15, 0.2) is 71.5 Å². The molecular formula is C24H15BrClF3N6O. The molecule has 2 aromatic carbocycles. The zero-order valence-corrected chi connectivity index (χ0v) is 20.5. The molecule has 0 spiro atoms. The van der Waals surface area contributed by atoms with E-state index in [1.807, 2.05) is 0 Å². The summed E-state index contributed by atoms with van der Waals surface area (Å²) in [5.74, 6) is -1.00. The van der Waals surface area contributed by atoms with Crippen LogP contribution in [0.3, 0.4) is 0 Å². The summed E-state index contributed by atoms with van der Waals surface area (Å²) in [6.07, 6.45) is -0.124. The fourth-order valence-electron chi connectivity index (χ4n) is 3.64. The average Bonchev–Trinajstić information content (AvgIpc) is 3.44. The third kappa shape index (κ3) is 4.59. The highest BCUT2D eigenvalue weighted by molar-refractivity contribution is 9.10. The highest BCUT2D eigenvalue weighted by Gasteiger charge is 2.23. The Morgan fingerprint density at radius 3 is 2.64 bits per heavy atom. The molecule has 1 amide bonds. The van der Waals surface area contributed by atoms with Crippen molar-refractivity contribution < 1.29 is 18.0 Å². The molecule has 0 aliphatic rings. The average molecular weight is 576 g/mol. The largest absolute Gasteiger partial charge is 0.304 e. The lowest BCUT2D eigenvalue weighted by Crippen LogP contribution is -2.14. The molecule has 182 valence electrons. The molecule has 36 heavy (non-hydrogen) atoms. The lowest BCUT2D eigenvalue weighted by Gasteiger charge is -2.08. The molecule has 3 heterocycles. The fourth-order valence-corrected chi connectivity index (χ4v) is 4.28. The van der Waals surface area contributed by atoms with Crippen molar-refractivity contribution in [2.24, 2.45) is 0 Å². The van der Waals surface area contributed by atoms with Crippen LogP contribution in [-0.2, 0) is 6.54 Å². The summed E-state index contributed by atoms with van der Waals surface area (Å²) in [5.41, 5.74) is 0.686. The molecule has 0 unspecified atom stereocenters. The van der Waals surface area contributed by atoms with E-state index in [-0.39, 0.29) is 39.9 Å². The van der Waals surface area contributed by atoms with Gasteiger partial charge in [-0.1, -0.05) is 48.0 Å². The number of anilines is 1. The Morgan fingerprint density at radius 1 is 1.14 bits per heavy atom. The van der Waals surface area contributed by atoms with Crippen LogP contribution in [0.2, 0.25) is 5.02 Å². The topological polar surface area (TPSA) is 77.1 Å². The third-order valence-corrected chi connectivity index (χ3v) is 6.30. The van der Waals surface area contributed by atoms with E-state index in [4.69, 9.17) is 11.6 Å². The molecule has 5 rings (SSSR count). The van der Waals surface area contributed by atoms with Crippen LogP contribution in [0.5, 0.6) is 0 Å². The number of aromatic nitrogens is 5. The minimum absolute atomic E-state index is 0.0201. The van der Waals surface area contributed by atoms with E-state index in [1.165, 1.54) is 29.1 Å². The number of hydrogen-bond acceptors (Lipinski definition) is 4. The Morgan fingerprint density at radius 2 is 1.92 bits per heavy atom. The first-order chi connectivity index (χ1) is 17.3. The number of carbonyl (C=O) groups is 1. The Kier molecular flexibility index (Phi) is 6.50. The smallest absolute Gasteiger partial charge is 0.280 e. The molecule has 0 saturated heterocycles. The van der Waals surface area contributed by atoms with Crippen molar-refractivity contribution in [3.05, 3.63) is 99.1 Å². The van der Waals surface area contributed by atoms with Crippen LogP contribution in [0.1, 0.15) is 28.0 Å². The zero-order chi connectivity index (χ0) is 25.4. The van der Waals surface area contributed by atoms with E-state index in [0.29, 0.717) is 10.0 Å². The Labute approximate surface area is 215 Å². The molecule has 7 nitrogen and oxygen atoms in total. The second-order valence-corrected chi connectivity index (χ2v) is 8.97. The van der Waals surface area contributed by atoms with Gasteiger partial charge in [-0.05, 0) is 34.1 Å². The van der Waals surface area contributed by atoms with Gasteiger partial charge in [0, 0.05) is 22.3 Å². The minimum atomic E-state index is -2.84.